The molecule has 3 aromatic rings. The van der Waals surface area contributed by atoms with Gasteiger partial charge in [0.05, 0.1) is 24.3 Å². The van der Waals surface area contributed by atoms with Crippen LogP contribution in [0.5, 0.6) is 11.5 Å². The Morgan fingerprint density at radius 2 is 2.06 bits per heavy atom. The number of phenols is 1. The number of phenolic OH excluding ortho intramolecular Hbond substituents is 1. The third kappa shape index (κ3) is 5.53. The Kier molecular flexibility index (Phi) is 7.48. The van der Waals surface area contributed by atoms with Crippen LogP contribution in [0.4, 0.5) is 5.69 Å². The molecule has 0 atom stereocenters. The van der Waals surface area contributed by atoms with Crippen LogP contribution in [-0.2, 0) is 12.2 Å². The monoisotopic (exact) mass is 461 g/mol. The van der Waals surface area contributed by atoms with Gasteiger partial charge in [-0.05, 0) is 24.1 Å². The van der Waals surface area contributed by atoms with Gasteiger partial charge in [0.15, 0.2) is 17.3 Å². The van der Waals surface area contributed by atoms with Crippen LogP contribution in [-0.4, -0.2) is 38.2 Å². The Morgan fingerprint density at radius 3 is 2.71 bits per heavy atom. The third-order valence-corrected chi connectivity index (χ3v) is 5.51. The van der Waals surface area contributed by atoms with Crippen LogP contribution in [0.1, 0.15) is 30.3 Å². The number of hydrogen-bond acceptors (Lipinski definition) is 8. The van der Waals surface area contributed by atoms with E-state index in [9.17, 15) is 15.2 Å². The van der Waals surface area contributed by atoms with Crippen LogP contribution in [0.15, 0.2) is 46.7 Å². The van der Waals surface area contributed by atoms with Crippen molar-refractivity contribution in [2.24, 2.45) is 5.10 Å². The quantitative estimate of drug-likeness (QED) is 0.213. The number of benzene rings is 2. The van der Waals surface area contributed by atoms with Crippen molar-refractivity contribution in [3.8, 4) is 11.5 Å². The number of halogens is 1. The number of rotatable bonds is 9. The molecular formula is C20H20ClN5O4S. The molecule has 0 saturated carbocycles. The van der Waals surface area contributed by atoms with Crippen molar-refractivity contribution < 1.29 is 14.8 Å². The lowest BCUT2D eigenvalue weighted by atomic mass is 10.2. The van der Waals surface area contributed by atoms with Crippen molar-refractivity contribution in [2.45, 2.75) is 30.7 Å². The highest BCUT2D eigenvalue weighted by atomic mass is 35.5. The van der Waals surface area contributed by atoms with Gasteiger partial charge in [0.2, 0.25) is 5.16 Å². The summed E-state index contributed by atoms with van der Waals surface area (Å²) in [7, 11) is 1.32. The minimum absolute atomic E-state index is 0.00877. The third-order valence-electron chi connectivity index (χ3n) is 4.26. The van der Waals surface area contributed by atoms with E-state index in [1.807, 2.05) is 31.2 Å². The fourth-order valence-electron chi connectivity index (χ4n) is 2.70. The Morgan fingerprint density at radius 1 is 1.32 bits per heavy atom. The maximum Gasteiger partial charge on any atom is 0.274 e. The molecule has 11 heteroatoms. The number of methoxy groups -OCH3 is 1. The largest absolute Gasteiger partial charge is 0.504 e. The first kappa shape index (κ1) is 22.6. The topological polar surface area (TPSA) is 116 Å². The van der Waals surface area contributed by atoms with Crippen molar-refractivity contribution in [3.05, 3.63) is 68.5 Å². The summed E-state index contributed by atoms with van der Waals surface area (Å²) < 4.78 is 6.61. The molecule has 0 unspecified atom stereocenters. The van der Waals surface area contributed by atoms with Gasteiger partial charge in [-0.2, -0.15) is 9.78 Å². The zero-order valence-corrected chi connectivity index (χ0v) is 18.4. The maximum atomic E-state index is 11.2. The molecule has 0 radical (unpaired) electrons. The number of nitro benzene ring substituents is 1. The standard InChI is InChI=1S/C20H20ClN5O4S/c1-3-4-18-23-24-20(31-12-13-5-7-15(21)8-6-13)25(18)22-11-14-9-16(26(28)29)10-17(30-2)19(14)27/h5-11,27H,3-4,12H2,1-2H3/b22-11-. The molecule has 1 heterocycles. The number of non-ortho nitro benzene ring substituents is 1. The molecule has 0 aliphatic rings. The van der Waals surface area contributed by atoms with Gasteiger partial charge in [-0.25, -0.2) is 0 Å². The summed E-state index contributed by atoms with van der Waals surface area (Å²) in [4.78, 5) is 10.6. The van der Waals surface area contributed by atoms with Gasteiger partial charge in [0.1, 0.15) is 0 Å². The molecule has 1 aromatic heterocycles. The van der Waals surface area contributed by atoms with Crippen LogP contribution in [0.2, 0.25) is 5.02 Å². The SMILES string of the molecule is CCCc1nnc(SCc2ccc(Cl)cc2)n1/N=C\c1cc([N+](=O)[O-])cc(OC)c1O. The molecule has 0 aliphatic carbocycles. The molecule has 162 valence electrons. The minimum Gasteiger partial charge on any atom is -0.504 e. The number of nitro groups is 1. The summed E-state index contributed by atoms with van der Waals surface area (Å²) in [6, 6.07) is 9.88. The van der Waals surface area contributed by atoms with E-state index in [-0.39, 0.29) is 22.7 Å². The van der Waals surface area contributed by atoms with Crippen LogP contribution < -0.4 is 4.74 Å². The van der Waals surface area contributed by atoms with Crippen molar-refractivity contribution in [2.75, 3.05) is 7.11 Å². The van der Waals surface area contributed by atoms with Crippen LogP contribution in [0.3, 0.4) is 0 Å². The zero-order chi connectivity index (χ0) is 22.4. The highest BCUT2D eigenvalue weighted by Crippen LogP contribution is 2.33. The molecule has 0 aliphatic heterocycles. The number of hydrogen-bond donors (Lipinski definition) is 1. The van der Waals surface area contributed by atoms with Gasteiger partial charge in [-0.3, -0.25) is 10.1 Å². The fraction of sp³-hybridized carbons (Fsp3) is 0.250. The number of ether oxygens (including phenoxy) is 1. The van der Waals surface area contributed by atoms with Gasteiger partial charge < -0.3 is 9.84 Å². The summed E-state index contributed by atoms with van der Waals surface area (Å²) in [6.07, 6.45) is 2.82. The lowest BCUT2D eigenvalue weighted by Crippen LogP contribution is -2.01. The molecule has 31 heavy (non-hydrogen) atoms. The second-order valence-electron chi connectivity index (χ2n) is 6.46. The van der Waals surface area contributed by atoms with Gasteiger partial charge in [-0.1, -0.05) is 42.4 Å². The number of aromatic hydroxyl groups is 1. The van der Waals surface area contributed by atoms with Crippen molar-refractivity contribution in [3.63, 3.8) is 0 Å². The molecule has 3 rings (SSSR count). The summed E-state index contributed by atoms with van der Waals surface area (Å²) in [5.41, 5.74) is 0.993. The van der Waals surface area contributed by atoms with E-state index in [1.165, 1.54) is 31.2 Å². The molecule has 0 spiro atoms. The second-order valence-corrected chi connectivity index (χ2v) is 7.84. The first-order valence-corrected chi connectivity index (χ1v) is 10.7. The van der Waals surface area contributed by atoms with E-state index < -0.39 is 4.92 Å². The van der Waals surface area contributed by atoms with Crippen molar-refractivity contribution >= 4 is 35.3 Å². The molecule has 1 N–H and O–H groups in total. The number of nitrogens with zero attached hydrogens (tertiary/aromatic N) is 5. The van der Waals surface area contributed by atoms with Gasteiger partial charge in [-0.15, -0.1) is 10.2 Å². The number of aryl methyl sites for hydroxylation is 1. The summed E-state index contributed by atoms with van der Waals surface area (Å²) in [5.74, 6) is 1.03. The first-order valence-electron chi connectivity index (χ1n) is 9.34. The summed E-state index contributed by atoms with van der Waals surface area (Å²) in [5, 5.41) is 35.6. The molecule has 2 aromatic carbocycles. The molecule has 9 nitrogen and oxygen atoms in total. The Labute approximate surface area is 187 Å². The highest BCUT2D eigenvalue weighted by molar-refractivity contribution is 7.98. The van der Waals surface area contributed by atoms with E-state index in [2.05, 4.69) is 15.3 Å². The fourth-order valence-corrected chi connectivity index (χ4v) is 3.69. The Bertz CT molecular complexity index is 1100. The van der Waals surface area contributed by atoms with Crippen LogP contribution in [0.25, 0.3) is 0 Å². The average molecular weight is 462 g/mol. The highest BCUT2D eigenvalue weighted by Gasteiger charge is 2.17. The smallest absolute Gasteiger partial charge is 0.274 e. The molecular weight excluding hydrogens is 442 g/mol. The molecule has 0 bridgehead atoms. The summed E-state index contributed by atoms with van der Waals surface area (Å²) in [6.45, 7) is 2.01. The van der Waals surface area contributed by atoms with Crippen molar-refractivity contribution in [1.82, 2.24) is 14.9 Å². The minimum atomic E-state index is -0.562. The Balaban J connectivity index is 1.91. The van der Waals surface area contributed by atoms with E-state index in [0.29, 0.717) is 28.2 Å². The maximum absolute atomic E-state index is 11.2. The Hall–Kier alpha value is -3.11. The lowest BCUT2D eigenvalue weighted by Gasteiger charge is -2.07. The average Bonchev–Trinajstić information content (AvgIpc) is 3.14. The molecule has 0 fully saturated rings. The number of thioether (sulfide) groups is 1. The van der Waals surface area contributed by atoms with Gasteiger partial charge in [0.25, 0.3) is 5.69 Å². The van der Waals surface area contributed by atoms with Gasteiger partial charge >= 0.3 is 0 Å². The first-order chi connectivity index (χ1) is 14.9. The lowest BCUT2D eigenvalue weighted by molar-refractivity contribution is -0.385. The normalized spacial score (nSPS) is 11.2. The van der Waals surface area contributed by atoms with E-state index in [4.69, 9.17) is 16.3 Å². The predicted molar refractivity (Wildman–Crippen MR) is 119 cm³/mol. The van der Waals surface area contributed by atoms with E-state index in [1.54, 1.807) is 4.68 Å². The summed E-state index contributed by atoms with van der Waals surface area (Å²) >= 11 is 7.38. The van der Waals surface area contributed by atoms with Crippen molar-refractivity contribution in [1.29, 1.82) is 0 Å². The molecule has 0 amide bonds. The van der Waals surface area contributed by atoms with Crippen LogP contribution in [0, 0.1) is 10.1 Å². The number of aromatic nitrogens is 3. The zero-order valence-electron chi connectivity index (χ0n) is 16.9. The molecule has 0 saturated heterocycles. The van der Waals surface area contributed by atoms with Gasteiger partial charge in [0, 0.05) is 28.8 Å². The van der Waals surface area contributed by atoms with E-state index >= 15 is 0 Å². The predicted octanol–water partition coefficient (Wildman–Crippen LogP) is 4.68. The van der Waals surface area contributed by atoms with Crippen LogP contribution >= 0.6 is 23.4 Å². The van der Waals surface area contributed by atoms with E-state index in [0.717, 1.165) is 18.1 Å². The second kappa shape index (κ2) is 10.3.